The van der Waals surface area contributed by atoms with E-state index >= 15 is 0 Å². The third kappa shape index (κ3) is 14.2. The summed E-state index contributed by atoms with van der Waals surface area (Å²) in [5.74, 6) is 1.31. The van der Waals surface area contributed by atoms with Gasteiger partial charge in [-0.1, -0.05) is 38.1 Å². The maximum absolute atomic E-state index is 12.0. The van der Waals surface area contributed by atoms with Gasteiger partial charge in [-0.15, -0.1) is 24.0 Å². The van der Waals surface area contributed by atoms with Gasteiger partial charge in [0.15, 0.2) is 5.96 Å². The minimum Gasteiger partial charge on any atom is -0.381 e. The van der Waals surface area contributed by atoms with Crippen LogP contribution in [0.3, 0.4) is 0 Å². The van der Waals surface area contributed by atoms with Gasteiger partial charge in [-0.2, -0.15) is 0 Å². The van der Waals surface area contributed by atoms with Crippen LogP contribution in [0.25, 0.3) is 0 Å². The van der Waals surface area contributed by atoms with Crippen LogP contribution in [0.2, 0.25) is 0 Å². The molecule has 7 nitrogen and oxygen atoms in total. The van der Waals surface area contributed by atoms with Crippen molar-refractivity contribution in [1.82, 2.24) is 15.4 Å². The molecule has 0 unspecified atom stereocenters. The van der Waals surface area contributed by atoms with E-state index < -0.39 is 10.0 Å². The third-order valence-corrected chi connectivity index (χ3v) is 5.31. The summed E-state index contributed by atoms with van der Waals surface area (Å²) >= 11 is 0. The molecule has 9 heteroatoms. The molecule has 0 bridgehead atoms. The number of aliphatic imine (C=N–C) groups is 1. The third-order valence-electron chi connectivity index (χ3n) is 3.77. The number of benzene rings is 1. The van der Waals surface area contributed by atoms with E-state index in [1.54, 1.807) is 0 Å². The molecule has 0 aliphatic heterocycles. The summed E-state index contributed by atoms with van der Waals surface area (Å²) in [4.78, 5) is 4.60. The zero-order chi connectivity index (χ0) is 21.7. The fraction of sp³-hybridized carbons (Fsp3) is 0.667. The molecule has 1 aromatic rings. The molecular formula is C21H39IN4O3S. The molecular weight excluding hydrogens is 515 g/mol. The van der Waals surface area contributed by atoms with Gasteiger partial charge in [0, 0.05) is 32.3 Å². The minimum atomic E-state index is -3.31. The van der Waals surface area contributed by atoms with Gasteiger partial charge >= 0.3 is 0 Å². The van der Waals surface area contributed by atoms with Crippen LogP contribution in [-0.4, -0.2) is 46.7 Å². The second-order valence-electron chi connectivity index (χ2n) is 7.79. The van der Waals surface area contributed by atoms with Crippen LogP contribution in [0.5, 0.6) is 0 Å². The Morgan fingerprint density at radius 1 is 1.07 bits per heavy atom. The lowest BCUT2D eigenvalue weighted by molar-refractivity contribution is 0.108. The van der Waals surface area contributed by atoms with Crippen molar-refractivity contribution >= 4 is 40.0 Å². The number of guanidine groups is 1. The van der Waals surface area contributed by atoms with Crippen LogP contribution in [0.1, 0.15) is 52.2 Å². The highest BCUT2D eigenvalue weighted by Gasteiger charge is 2.12. The fourth-order valence-corrected chi connectivity index (χ4v) is 4.01. The van der Waals surface area contributed by atoms with E-state index in [9.17, 15) is 8.42 Å². The average molecular weight is 555 g/mol. The Morgan fingerprint density at radius 2 is 1.70 bits per heavy atom. The maximum Gasteiger partial charge on any atom is 0.216 e. The zero-order valence-corrected chi connectivity index (χ0v) is 22.0. The SMILES string of the molecule is CCNC(=NCc1ccc(CS(=O)(=O)NC(C)C)cc1)NCCCOCC(C)C.I. The molecule has 1 aromatic carbocycles. The Morgan fingerprint density at radius 3 is 2.27 bits per heavy atom. The monoisotopic (exact) mass is 554 g/mol. The predicted molar refractivity (Wildman–Crippen MR) is 136 cm³/mol. The van der Waals surface area contributed by atoms with Crippen molar-refractivity contribution < 1.29 is 13.2 Å². The smallest absolute Gasteiger partial charge is 0.216 e. The van der Waals surface area contributed by atoms with Crippen molar-refractivity contribution in [3.05, 3.63) is 35.4 Å². The van der Waals surface area contributed by atoms with Crippen LogP contribution in [-0.2, 0) is 27.1 Å². The molecule has 3 N–H and O–H groups in total. The van der Waals surface area contributed by atoms with E-state index in [4.69, 9.17) is 4.74 Å². The summed E-state index contributed by atoms with van der Waals surface area (Å²) in [5, 5.41) is 6.54. The van der Waals surface area contributed by atoms with Crippen molar-refractivity contribution in [3.63, 3.8) is 0 Å². The number of sulfonamides is 1. The molecule has 0 amide bonds. The van der Waals surface area contributed by atoms with E-state index in [2.05, 4.69) is 34.2 Å². The maximum atomic E-state index is 12.0. The number of nitrogens with zero attached hydrogens (tertiary/aromatic N) is 1. The van der Waals surface area contributed by atoms with Crippen LogP contribution in [0.4, 0.5) is 0 Å². The van der Waals surface area contributed by atoms with Crippen LogP contribution >= 0.6 is 24.0 Å². The van der Waals surface area contributed by atoms with Gasteiger partial charge < -0.3 is 15.4 Å². The van der Waals surface area contributed by atoms with Gasteiger partial charge in [-0.05, 0) is 44.2 Å². The standard InChI is InChI=1S/C21H38N4O3S.HI/c1-6-22-21(23-12-7-13-28-15-17(2)3)24-14-19-8-10-20(11-9-19)16-29(26,27)25-18(4)5;/h8-11,17-18,25H,6-7,12-16H2,1-5H3,(H2,22,23,24);1H. The van der Waals surface area contributed by atoms with Gasteiger partial charge in [0.1, 0.15) is 0 Å². The van der Waals surface area contributed by atoms with Gasteiger partial charge in [0.25, 0.3) is 0 Å². The highest BCUT2D eigenvalue weighted by molar-refractivity contribution is 14.0. The molecule has 1 rings (SSSR count). The van der Waals surface area contributed by atoms with Crippen molar-refractivity contribution in [3.8, 4) is 0 Å². The molecule has 0 aliphatic rings. The topological polar surface area (TPSA) is 91.8 Å². The van der Waals surface area contributed by atoms with Crippen LogP contribution in [0, 0.1) is 5.92 Å². The van der Waals surface area contributed by atoms with Crippen LogP contribution < -0.4 is 15.4 Å². The molecule has 0 heterocycles. The highest BCUT2D eigenvalue weighted by Crippen LogP contribution is 2.09. The number of rotatable bonds is 13. The Hall–Kier alpha value is -0.910. The van der Waals surface area contributed by atoms with Gasteiger partial charge in [-0.3, -0.25) is 0 Å². The first-order chi connectivity index (χ1) is 13.7. The second kappa shape index (κ2) is 15.8. The summed E-state index contributed by atoms with van der Waals surface area (Å²) in [5.41, 5.74) is 1.79. The summed E-state index contributed by atoms with van der Waals surface area (Å²) in [7, 11) is -3.31. The van der Waals surface area contributed by atoms with E-state index in [1.807, 2.05) is 45.0 Å². The molecule has 30 heavy (non-hydrogen) atoms. The van der Waals surface area contributed by atoms with Crippen molar-refractivity contribution in [2.24, 2.45) is 10.9 Å². The van der Waals surface area contributed by atoms with Gasteiger partial charge in [0.05, 0.1) is 12.3 Å². The summed E-state index contributed by atoms with van der Waals surface area (Å²) in [6.07, 6.45) is 0.921. The summed E-state index contributed by atoms with van der Waals surface area (Å²) in [6, 6.07) is 7.43. The van der Waals surface area contributed by atoms with Crippen LogP contribution in [0.15, 0.2) is 29.3 Å². The molecule has 174 valence electrons. The van der Waals surface area contributed by atoms with E-state index in [0.717, 1.165) is 49.8 Å². The fourth-order valence-electron chi connectivity index (χ4n) is 2.57. The lowest BCUT2D eigenvalue weighted by Gasteiger charge is -2.12. The molecule has 0 radical (unpaired) electrons. The lowest BCUT2D eigenvalue weighted by atomic mass is 10.1. The van der Waals surface area contributed by atoms with Crippen molar-refractivity contribution in [2.45, 2.75) is 59.4 Å². The molecule has 0 atom stereocenters. The lowest BCUT2D eigenvalue weighted by Crippen LogP contribution is -2.38. The van der Waals surface area contributed by atoms with Gasteiger partial charge in [-0.25, -0.2) is 18.1 Å². The molecule has 0 saturated heterocycles. The second-order valence-corrected chi connectivity index (χ2v) is 9.55. The summed E-state index contributed by atoms with van der Waals surface area (Å²) < 4.78 is 32.2. The quantitative estimate of drug-likeness (QED) is 0.151. The minimum absolute atomic E-state index is 0. The Bertz CT molecular complexity index is 707. The van der Waals surface area contributed by atoms with E-state index in [-0.39, 0.29) is 35.8 Å². The largest absolute Gasteiger partial charge is 0.381 e. The summed E-state index contributed by atoms with van der Waals surface area (Å²) in [6.45, 7) is 13.6. The van der Waals surface area contributed by atoms with E-state index in [1.165, 1.54) is 0 Å². The molecule has 0 aromatic heterocycles. The van der Waals surface area contributed by atoms with Crippen molar-refractivity contribution in [2.75, 3.05) is 26.3 Å². The number of halogens is 1. The molecule has 0 aliphatic carbocycles. The molecule has 0 saturated carbocycles. The molecule has 0 fully saturated rings. The normalized spacial score (nSPS) is 12.2. The number of hydrogen-bond acceptors (Lipinski definition) is 4. The zero-order valence-electron chi connectivity index (χ0n) is 18.9. The predicted octanol–water partition coefficient (Wildman–Crippen LogP) is 3.25. The van der Waals surface area contributed by atoms with E-state index in [0.29, 0.717) is 12.5 Å². The first-order valence-corrected chi connectivity index (χ1v) is 12.0. The average Bonchev–Trinajstić information content (AvgIpc) is 2.62. The Kier molecular flexibility index (Phi) is 15.3. The Balaban J connectivity index is 0.00000841. The Labute approximate surface area is 199 Å². The number of ether oxygens (including phenoxy) is 1. The first kappa shape index (κ1) is 29.1. The first-order valence-electron chi connectivity index (χ1n) is 10.4. The van der Waals surface area contributed by atoms with Gasteiger partial charge in [0.2, 0.25) is 10.0 Å². The number of hydrogen-bond donors (Lipinski definition) is 3. The number of nitrogens with one attached hydrogen (secondary N) is 3. The molecule has 0 spiro atoms. The van der Waals surface area contributed by atoms with Crippen molar-refractivity contribution in [1.29, 1.82) is 0 Å². The highest BCUT2D eigenvalue weighted by atomic mass is 127.